The lowest BCUT2D eigenvalue weighted by Crippen LogP contribution is -2.02. The standard InChI is InChI=1S/CH7B3S/c1-2-3-4-5/h2-5H,1H3. The monoisotopic (exact) mass is 84.1 g/mol. The van der Waals surface area contributed by atoms with Crippen LogP contribution in [-0.2, 0) is 0 Å². The van der Waals surface area contributed by atoms with Crippen molar-refractivity contribution < 1.29 is 0 Å². The fraction of sp³-hybridized carbons (Fsp3) is 1.00. The first kappa shape index (κ1) is 5.54. The van der Waals surface area contributed by atoms with Crippen molar-refractivity contribution in [3.8, 4) is 0 Å². The third-order valence-corrected chi connectivity index (χ3v) is 0.828. The van der Waals surface area contributed by atoms with Crippen molar-refractivity contribution in [2.24, 2.45) is 0 Å². The molecular formula is CH7B3S. The molecule has 0 saturated carbocycles. The molecule has 26 valence electrons. The molecule has 0 nitrogen and oxygen atoms in total. The van der Waals surface area contributed by atoms with Crippen LogP contribution in [0.4, 0.5) is 0 Å². The predicted molar refractivity (Wildman–Crippen MR) is 36.3 cm³/mol. The van der Waals surface area contributed by atoms with Crippen molar-refractivity contribution in [3.05, 3.63) is 0 Å². The Bertz CT molecular complexity index is 14.4. The SMILES string of the molecule is CBBBS. The lowest BCUT2D eigenvalue weighted by Gasteiger charge is -1.69. The van der Waals surface area contributed by atoms with Crippen molar-refractivity contribution in [3.63, 3.8) is 0 Å². The fourth-order valence-electron chi connectivity index (χ4n) is 0.158. The first-order valence-electron chi connectivity index (χ1n) is 2.02. The summed E-state index contributed by atoms with van der Waals surface area (Å²) in [6.07, 6.45) is 1.04. The summed E-state index contributed by atoms with van der Waals surface area (Å²) >= 11 is 4.00. The molecule has 0 aliphatic heterocycles. The summed E-state index contributed by atoms with van der Waals surface area (Å²) in [6, 6.07) is 0. The van der Waals surface area contributed by atoms with Crippen LogP contribution < -0.4 is 0 Å². The van der Waals surface area contributed by atoms with Gasteiger partial charge in [-0.3, -0.25) is 0 Å². The van der Waals surface area contributed by atoms with E-state index in [0.717, 1.165) is 6.45 Å². The Morgan fingerprint density at radius 2 is 2.20 bits per heavy atom. The van der Waals surface area contributed by atoms with Gasteiger partial charge in [-0.25, -0.2) is 12.5 Å². The minimum atomic E-state index is 1.04. The maximum absolute atomic E-state index is 4.00. The van der Waals surface area contributed by atoms with Gasteiger partial charge in [0, 0.05) is 0 Å². The number of hydrogen-bond donors (Lipinski definition) is 1. The Kier molecular flexibility index (Phi) is 5.04. The molecule has 0 amide bonds. The van der Waals surface area contributed by atoms with Gasteiger partial charge < -0.3 is 0 Å². The van der Waals surface area contributed by atoms with Gasteiger partial charge >= 0.3 is 0 Å². The van der Waals surface area contributed by atoms with Gasteiger partial charge in [-0.1, -0.05) is 6.82 Å². The molecule has 0 unspecified atom stereocenters. The first-order chi connectivity index (χ1) is 2.41. The van der Waals surface area contributed by atoms with E-state index in [9.17, 15) is 0 Å². The van der Waals surface area contributed by atoms with E-state index in [-0.39, 0.29) is 0 Å². The summed E-state index contributed by atoms with van der Waals surface area (Å²) in [7, 11) is 2.52. The van der Waals surface area contributed by atoms with Crippen molar-refractivity contribution in [1.82, 2.24) is 0 Å². The maximum atomic E-state index is 4.00. The average molecular weight is 83.6 g/mol. The predicted octanol–water partition coefficient (Wildman–Crippen LogP) is -0.981. The van der Waals surface area contributed by atoms with Crippen LogP contribution in [0.15, 0.2) is 0 Å². The molecule has 0 aliphatic carbocycles. The molecule has 0 fully saturated rings. The molecule has 0 radical (unpaired) electrons. The molecule has 0 aromatic heterocycles. The smallest absolute Gasteiger partial charge is 0.143 e. The highest BCUT2D eigenvalue weighted by atomic mass is 32.1. The molecule has 0 bridgehead atoms. The molecule has 0 spiro atoms. The van der Waals surface area contributed by atoms with Crippen LogP contribution in [0, 0.1) is 0 Å². The zero-order valence-electron chi connectivity index (χ0n) is 3.57. The lowest BCUT2D eigenvalue weighted by molar-refractivity contribution is 2.37. The van der Waals surface area contributed by atoms with E-state index in [2.05, 4.69) is 19.3 Å². The number of thiol groups is 1. The van der Waals surface area contributed by atoms with E-state index in [0.29, 0.717) is 0 Å². The van der Waals surface area contributed by atoms with E-state index in [1.165, 1.54) is 14.2 Å². The van der Waals surface area contributed by atoms with Gasteiger partial charge in [0.15, 0.2) is 0 Å². The number of hydrogen-bond acceptors (Lipinski definition) is 1. The molecule has 0 rings (SSSR count). The molecule has 5 heavy (non-hydrogen) atoms. The molecule has 0 aromatic carbocycles. The van der Waals surface area contributed by atoms with Crippen LogP contribution in [0.1, 0.15) is 0 Å². The number of rotatable bonds is 2. The average Bonchev–Trinajstić information content (AvgIpc) is 1.41. The highest BCUT2D eigenvalue weighted by Crippen LogP contribution is 1.58. The van der Waals surface area contributed by atoms with Gasteiger partial charge in [0.1, 0.15) is 6.45 Å². The second-order valence-corrected chi connectivity index (χ2v) is 1.52. The van der Waals surface area contributed by atoms with E-state index >= 15 is 0 Å². The minimum absolute atomic E-state index is 1.04. The highest BCUT2D eigenvalue weighted by molar-refractivity contribution is 8.13. The molecular weight excluding hydrogens is 76.5 g/mol. The van der Waals surface area contributed by atoms with Crippen molar-refractivity contribution in [2.75, 3.05) is 0 Å². The van der Waals surface area contributed by atoms with Crippen molar-refractivity contribution in [1.29, 1.82) is 0 Å². The third-order valence-electron chi connectivity index (χ3n) is 0.512. The summed E-state index contributed by atoms with van der Waals surface area (Å²) in [6.45, 7) is 2.16. The van der Waals surface area contributed by atoms with Crippen molar-refractivity contribution >= 4 is 33.2 Å². The van der Waals surface area contributed by atoms with Crippen LogP contribution in [-0.4, -0.2) is 20.7 Å². The fourth-order valence-corrected chi connectivity index (χ4v) is 0.474. The van der Waals surface area contributed by atoms with Crippen LogP contribution >= 0.6 is 12.5 Å². The lowest BCUT2D eigenvalue weighted by atomic mass is 9.28. The molecule has 0 aliphatic rings. The quantitative estimate of drug-likeness (QED) is 0.322. The Morgan fingerprint density at radius 3 is 2.20 bits per heavy atom. The highest BCUT2D eigenvalue weighted by Gasteiger charge is 1.79. The van der Waals surface area contributed by atoms with Crippen LogP contribution in [0.25, 0.3) is 0 Å². The maximum Gasteiger partial charge on any atom is 0.143 e. The summed E-state index contributed by atoms with van der Waals surface area (Å²) in [5, 5.41) is 0. The molecule has 0 atom stereocenters. The van der Waals surface area contributed by atoms with Gasteiger partial charge in [-0.05, 0) is 0 Å². The van der Waals surface area contributed by atoms with E-state index in [1.807, 2.05) is 0 Å². The molecule has 0 saturated heterocycles. The van der Waals surface area contributed by atoms with E-state index < -0.39 is 0 Å². The van der Waals surface area contributed by atoms with Crippen molar-refractivity contribution in [2.45, 2.75) is 6.82 Å². The Labute approximate surface area is 40.7 Å². The second-order valence-electron chi connectivity index (χ2n) is 1.08. The molecule has 4 heteroatoms. The van der Waals surface area contributed by atoms with Crippen LogP contribution in [0.2, 0.25) is 6.82 Å². The Balaban J connectivity index is 2.19. The zero-order valence-corrected chi connectivity index (χ0v) is 4.46. The van der Waals surface area contributed by atoms with Gasteiger partial charge in [-0.2, -0.15) is 0 Å². The molecule has 0 heterocycles. The zero-order chi connectivity index (χ0) is 4.12. The Hall–Kier alpha value is 0.545. The first-order valence-corrected chi connectivity index (χ1v) is 2.66. The van der Waals surface area contributed by atoms with E-state index in [4.69, 9.17) is 0 Å². The van der Waals surface area contributed by atoms with Crippen LogP contribution in [0.3, 0.4) is 0 Å². The topological polar surface area (TPSA) is 0 Å². The van der Waals surface area contributed by atoms with Crippen LogP contribution in [0.5, 0.6) is 0 Å². The minimum Gasteiger partial charge on any atom is -0.242 e. The summed E-state index contributed by atoms with van der Waals surface area (Å²) < 4.78 is 0. The third kappa shape index (κ3) is 4.54. The van der Waals surface area contributed by atoms with Gasteiger partial charge in [-0.15, -0.1) is 0 Å². The largest absolute Gasteiger partial charge is 0.242 e. The second kappa shape index (κ2) is 4.54. The van der Waals surface area contributed by atoms with Gasteiger partial charge in [0.25, 0.3) is 0 Å². The summed E-state index contributed by atoms with van der Waals surface area (Å²) in [5.41, 5.74) is 0. The van der Waals surface area contributed by atoms with E-state index in [1.54, 1.807) is 0 Å². The van der Waals surface area contributed by atoms with Gasteiger partial charge in [0.05, 0.1) is 14.2 Å². The summed E-state index contributed by atoms with van der Waals surface area (Å²) in [5.74, 6) is 0. The van der Waals surface area contributed by atoms with Gasteiger partial charge in [0.2, 0.25) is 0 Å². The molecule has 0 N–H and O–H groups in total. The normalized spacial score (nSPS) is 6.00. The molecule has 0 aromatic rings. The summed E-state index contributed by atoms with van der Waals surface area (Å²) in [4.78, 5) is 0. The Morgan fingerprint density at radius 1 is 1.60 bits per heavy atom.